The number of aromatic nitrogens is 3. The summed E-state index contributed by atoms with van der Waals surface area (Å²) >= 11 is 5.34. The molecular formula is C23H31N5O5S. The number of H-pyrrole nitrogens is 1. The summed E-state index contributed by atoms with van der Waals surface area (Å²) in [4.78, 5) is 40.6. The van der Waals surface area contributed by atoms with Crippen molar-refractivity contribution in [2.24, 2.45) is 5.92 Å². The van der Waals surface area contributed by atoms with Gasteiger partial charge in [-0.05, 0) is 56.2 Å². The number of carbonyl (C=O) groups excluding carboxylic acids is 3. The number of hydrogen-bond donors (Lipinski definition) is 1. The van der Waals surface area contributed by atoms with Gasteiger partial charge in [-0.3, -0.25) is 24.0 Å². The van der Waals surface area contributed by atoms with Crippen LogP contribution in [0.15, 0.2) is 24.3 Å². The van der Waals surface area contributed by atoms with Gasteiger partial charge in [-0.25, -0.2) is 0 Å². The average molecular weight is 490 g/mol. The highest BCUT2D eigenvalue weighted by Gasteiger charge is 2.30. The van der Waals surface area contributed by atoms with E-state index in [0.717, 1.165) is 17.7 Å². The highest BCUT2D eigenvalue weighted by Crippen LogP contribution is 2.21. The Balaban J connectivity index is 1.56. The molecule has 10 nitrogen and oxygen atoms in total. The molecule has 2 heterocycles. The number of ether oxygens (including phenoxy) is 2. The van der Waals surface area contributed by atoms with E-state index in [-0.39, 0.29) is 36.7 Å². The fourth-order valence-corrected chi connectivity index (χ4v) is 4.15. The van der Waals surface area contributed by atoms with Crippen molar-refractivity contribution < 1.29 is 23.9 Å². The Kier molecular flexibility index (Phi) is 8.80. The Morgan fingerprint density at radius 1 is 1.26 bits per heavy atom. The first kappa shape index (κ1) is 25.4. The molecule has 0 radical (unpaired) electrons. The Labute approximate surface area is 203 Å². The van der Waals surface area contributed by atoms with E-state index in [1.807, 2.05) is 24.3 Å². The largest absolute Gasteiger partial charge is 0.497 e. The van der Waals surface area contributed by atoms with Gasteiger partial charge in [-0.15, -0.1) is 0 Å². The number of aromatic amines is 1. The summed E-state index contributed by atoms with van der Waals surface area (Å²) in [7, 11) is 3.20. The van der Waals surface area contributed by atoms with Crippen molar-refractivity contribution in [1.29, 1.82) is 0 Å². The molecule has 1 fully saturated rings. The van der Waals surface area contributed by atoms with Gasteiger partial charge in [-0.1, -0.05) is 0 Å². The van der Waals surface area contributed by atoms with Gasteiger partial charge < -0.3 is 19.3 Å². The van der Waals surface area contributed by atoms with Crippen LogP contribution in [-0.2, 0) is 25.7 Å². The fourth-order valence-electron chi connectivity index (χ4n) is 3.93. The minimum absolute atomic E-state index is 0.0451. The van der Waals surface area contributed by atoms with Gasteiger partial charge in [0.25, 0.3) is 0 Å². The summed E-state index contributed by atoms with van der Waals surface area (Å²) in [5.41, 5.74) is 0.838. The maximum atomic E-state index is 12.8. The molecule has 1 aromatic heterocycles. The van der Waals surface area contributed by atoms with Crippen LogP contribution in [0.5, 0.6) is 5.75 Å². The quantitative estimate of drug-likeness (QED) is 0.425. The summed E-state index contributed by atoms with van der Waals surface area (Å²) in [6, 6.07) is 7.40. The predicted octanol–water partition coefficient (Wildman–Crippen LogP) is 2.27. The Bertz CT molecular complexity index is 1060. The third kappa shape index (κ3) is 6.22. The fraction of sp³-hybridized carbons (Fsp3) is 0.522. The van der Waals surface area contributed by atoms with Crippen LogP contribution in [0.4, 0.5) is 0 Å². The van der Waals surface area contributed by atoms with Gasteiger partial charge in [0.1, 0.15) is 5.75 Å². The Morgan fingerprint density at radius 3 is 2.68 bits per heavy atom. The molecule has 0 bridgehead atoms. The predicted molar refractivity (Wildman–Crippen MR) is 128 cm³/mol. The van der Waals surface area contributed by atoms with E-state index in [1.165, 1.54) is 4.90 Å². The SMILES string of the molecule is CCOC(=O)C1CCCN(C(=O)CN(C)C(=O)CCn2c(-c3ccc(OC)cc3)n[nH]c2=S)C1. The van der Waals surface area contributed by atoms with Gasteiger partial charge in [-0.2, -0.15) is 5.10 Å². The molecule has 0 aliphatic carbocycles. The van der Waals surface area contributed by atoms with Crippen molar-refractivity contribution >= 4 is 30.0 Å². The van der Waals surface area contributed by atoms with Gasteiger partial charge in [0, 0.05) is 38.7 Å². The molecule has 3 rings (SSSR count). The zero-order valence-corrected chi connectivity index (χ0v) is 20.6. The monoisotopic (exact) mass is 489 g/mol. The van der Waals surface area contributed by atoms with Crippen LogP contribution >= 0.6 is 12.2 Å². The maximum Gasteiger partial charge on any atom is 0.310 e. The number of carbonyl (C=O) groups is 3. The molecule has 1 aromatic carbocycles. The first-order valence-corrected chi connectivity index (χ1v) is 11.7. The molecule has 1 atom stereocenters. The molecule has 2 amide bonds. The van der Waals surface area contributed by atoms with Crippen molar-refractivity contribution in [3.63, 3.8) is 0 Å². The zero-order valence-electron chi connectivity index (χ0n) is 19.8. The minimum atomic E-state index is -0.307. The van der Waals surface area contributed by atoms with E-state index in [9.17, 15) is 14.4 Å². The molecule has 1 unspecified atom stereocenters. The van der Waals surface area contributed by atoms with E-state index in [4.69, 9.17) is 21.7 Å². The number of rotatable bonds is 9. The lowest BCUT2D eigenvalue weighted by atomic mass is 9.98. The van der Waals surface area contributed by atoms with Crippen LogP contribution in [0.1, 0.15) is 26.2 Å². The molecule has 1 aliphatic rings. The third-order valence-electron chi connectivity index (χ3n) is 5.85. The van der Waals surface area contributed by atoms with E-state index >= 15 is 0 Å². The topological polar surface area (TPSA) is 110 Å². The molecule has 11 heteroatoms. The van der Waals surface area contributed by atoms with Crippen LogP contribution in [0.25, 0.3) is 11.4 Å². The molecule has 184 valence electrons. The highest BCUT2D eigenvalue weighted by atomic mass is 32.1. The molecule has 1 N–H and O–H groups in total. The lowest BCUT2D eigenvalue weighted by Crippen LogP contribution is -2.47. The maximum absolute atomic E-state index is 12.8. The van der Waals surface area contributed by atoms with Crippen molar-refractivity contribution in [3.8, 4) is 17.1 Å². The molecule has 1 aliphatic heterocycles. The van der Waals surface area contributed by atoms with Crippen molar-refractivity contribution in [3.05, 3.63) is 29.0 Å². The van der Waals surface area contributed by atoms with Crippen LogP contribution < -0.4 is 4.74 Å². The average Bonchev–Trinajstić information content (AvgIpc) is 3.22. The van der Waals surface area contributed by atoms with Crippen LogP contribution in [0.3, 0.4) is 0 Å². The normalized spacial score (nSPS) is 15.6. The second-order valence-electron chi connectivity index (χ2n) is 8.16. The second kappa shape index (κ2) is 11.8. The summed E-state index contributed by atoms with van der Waals surface area (Å²) in [6.45, 7) is 3.27. The van der Waals surface area contributed by atoms with E-state index in [2.05, 4.69) is 10.2 Å². The molecule has 34 heavy (non-hydrogen) atoms. The van der Waals surface area contributed by atoms with Crippen LogP contribution in [0.2, 0.25) is 0 Å². The summed E-state index contributed by atoms with van der Waals surface area (Å²) in [5.74, 6) is 0.414. The van der Waals surface area contributed by atoms with Gasteiger partial charge >= 0.3 is 5.97 Å². The smallest absolute Gasteiger partial charge is 0.310 e. The lowest BCUT2D eigenvalue weighted by molar-refractivity contribution is -0.152. The Hall–Kier alpha value is -3.21. The number of nitrogens with one attached hydrogen (secondary N) is 1. The standard InChI is InChI=1S/C23H31N5O5S/c1-4-33-22(31)17-6-5-12-27(14-17)20(30)15-26(2)19(29)11-13-28-21(24-25-23(28)34)16-7-9-18(32-3)10-8-16/h7-10,17H,4-6,11-15H2,1-3H3,(H,25,34). The van der Waals surface area contributed by atoms with Crippen molar-refractivity contribution in [2.45, 2.75) is 32.7 Å². The first-order chi connectivity index (χ1) is 16.3. The summed E-state index contributed by atoms with van der Waals surface area (Å²) in [6.07, 6.45) is 1.60. The number of methoxy groups -OCH3 is 1. The van der Waals surface area contributed by atoms with Crippen LogP contribution in [0, 0.1) is 10.7 Å². The zero-order chi connectivity index (χ0) is 24.7. The molecule has 1 saturated heterocycles. The highest BCUT2D eigenvalue weighted by molar-refractivity contribution is 7.71. The number of benzene rings is 1. The summed E-state index contributed by atoms with van der Waals surface area (Å²) in [5, 5.41) is 7.07. The van der Waals surface area contributed by atoms with Crippen molar-refractivity contribution in [1.82, 2.24) is 24.6 Å². The van der Waals surface area contributed by atoms with Crippen LogP contribution in [-0.4, -0.2) is 82.7 Å². The van der Waals surface area contributed by atoms with Gasteiger partial charge in [0.15, 0.2) is 10.6 Å². The molecular weight excluding hydrogens is 458 g/mol. The third-order valence-corrected chi connectivity index (χ3v) is 6.16. The van der Waals surface area contributed by atoms with Crippen molar-refractivity contribution in [2.75, 3.05) is 40.4 Å². The number of piperidine rings is 1. The van der Waals surface area contributed by atoms with E-state index < -0.39 is 0 Å². The van der Waals surface area contributed by atoms with Gasteiger partial charge in [0.2, 0.25) is 11.8 Å². The molecule has 0 spiro atoms. The van der Waals surface area contributed by atoms with E-state index in [1.54, 1.807) is 30.5 Å². The number of nitrogens with zero attached hydrogens (tertiary/aromatic N) is 4. The second-order valence-corrected chi connectivity index (χ2v) is 8.55. The minimum Gasteiger partial charge on any atom is -0.497 e. The number of likely N-dealkylation sites (N-methyl/N-ethyl adjacent to an activating group) is 1. The Morgan fingerprint density at radius 2 is 2.00 bits per heavy atom. The lowest BCUT2D eigenvalue weighted by Gasteiger charge is -2.32. The molecule has 2 aromatic rings. The number of esters is 1. The molecule has 0 saturated carbocycles. The van der Waals surface area contributed by atoms with E-state index in [0.29, 0.717) is 43.3 Å². The number of amides is 2. The first-order valence-electron chi connectivity index (χ1n) is 11.3. The number of likely N-dealkylation sites (tertiary alicyclic amines) is 1. The van der Waals surface area contributed by atoms with Gasteiger partial charge in [0.05, 0.1) is 26.2 Å². The summed E-state index contributed by atoms with van der Waals surface area (Å²) < 4.78 is 12.5. The number of hydrogen-bond acceptors (Lipinski definition) is 7.